The highest BCUT2D eigenvalue weighted by Crippen LogP contribution is 2.67. The fourth-order valence-corrected chi connectivity index (χ4v) is 4.30. The van der Waals surface area contributed by atoms with E-state index in [1.165, 1.54) is 25.7 Å². The Balaban J connectivity index is 1.91. The SMILES string of the molecule is CC12CCCCC1(C)CC1CC1C2. The van der Waals surface area contributed by atoms with Gasteiger partial charge in [0, 0.05) is 0 Å². The molecule has 0 heteroatoms. The summed E-state index contributed by atoms with van der Waals surface area (Å²) in [7, 11) is 0. The minimum absolute atomic E-state index is 0.725. The van der Waals surface area contributed by atoms with Gasteiger partial charge in [0.05, 0.1) is 0 Å². The van der Waals surface area contributed by atoms with Crippen molar-refractivity contribution in [2.75, 3.05) is 0 Å². The molecule has 4 atom stereocenters. The Bertz CT molecular complexity index is 208. The van der Waals surface area contributed by atoms with E-state index < -0.39 is 0 Å². The number of fused-ring (bicyclic) bond motifs is 2. The largest absolute Gasteiger partial charge is 0.0591 e. The molecule has 4 unspecified atom stereocenters. The lowest BCUT2D eigenvalue weighted by Crippen LogP contribution is -2.43. The summed E-state index contributed by atoms with van der Waals surface area (Å²) in [5.74, 6) is 2.30. The van der Waals surface area contributed by atoms with E-state index in [0.29, 0.717) is 0 Å². The maximum atomic E-state index is 2.58. The summed E-state index contributed by atoms with van der Waals surface area (Å²) in [6, 6.07) is 0. The van der Waals surface area contributed by atoms with Gasteiger partial charge in [-0.25, -0.2) is 0 Å². The van der Waals surface area contributed by atoms with E-state index in [1.807, 2.05) is 0 Å². The first kappa shape index (κ1) is 8.32. The van der Waals surface area contributed by atoms with Crippen LogP contribution in [0.1, 0.15) is 58.8 Å². The van der Waals surface area contributed by atoms with Crippen LogP contribution in [0.2, 0.25) is 0 Å². The average Bonchev–Trinajstić information content (AvgIpc) is 2.76. The van der Waals surface area contributed by atoms with Gasteiger partial charge in [0.1, 0.15) is 0 Å². The highest BCUT2D eigenvalue weighted by Gasteiger charge is 2.57. The van der Waals surface area contributed by atoms with Crippen LogP contribution in [0.4, 0.5) is 0 Å². The van der Waals surface area contributed by atoms with Crippen LogP contribution < -0.4 is 0 Å². The van der Waals surface area contributed by atoms with E-state index >= 15 is 0 Å². The molecule has 3 rings (SSSR count). The summed E-state index contributed by atoms with van der Waals surface area (Å²) in [6.07, 6.45) is 10.7. The third kappa shape index (κ3) is 1.04. The van der Waals surface area contributed by atoms with E-state index in [9.17, 15) is 0 Å². The quantitative estimate of drug-likeness (QED) is 0.526. The molecule has 0 radical (unpaired) electrons. The fourth-order valence-electron chi connectivity index (χ4n) is 4.30. The smallest absolute Gasteiger partial charge is 0.0269 e. The van der Waals surface area contributed by atoms with Crippen molar-refractivity contribution in [1.82, 2.24) is 0 Å². The molecule has 0 aliphatic heterocycles. The molecule has 74 valence electrons. The standard InChI is InChI=1S/C13H22/c1-12-5-3-4-6-13(12,2)9-11-7-10(11)8-12/h10-11H,3-9H2,1-2H3. The normalized spacial score (nSPS) is 59.5. The van der Waals surface area contributed by atoms with Gasteiger partial charge in [-0.1, -0.05) is 26.7 Å². The topological polar surface area (TPSA) is 0 Å². The predicted molar refractivity (Wildman–Crippen MR) is 55.5 cm³/mol. The van der Waals surface area contributed by atoms with Gasteiger partial charge in [-0.15, -0.1) is 0 Å². The van der Waals surface area contributed by atoms with E-state index in [4.69, 9.17) is 0 Å². The summed E-state index contributed by atoms with van der Waals surface area (Å²) >= 11 is 0. The molecule has 0 aromatic carbocycles. The van der Waals surface area contributed by atoms with Gasteiger partial charge in [0.25, 0.3) is 0 Å². The Morgan fingerprint density at radius 3 is 1.77 bits per heavy atom. The maximum Gasteiger partial charge on any atom is -0.0269 e. The second kappa shape index (κ2) is 2.32. The Labute approximate surface area is 82.1 Å². The van der Waals surface area contributed by atoms with Gasteiger partial charge in [-0.05, 0) is 54.8 Å². The van der Waals surface area contributed by atoms with Crippen molar-refractivity contribution in [3.05, 3.63) is 0 Å². The van der Waals surface area contributed by atoms with Crippen LogP contribution in [-0.2, 0) is 0 Å². The summed E-state index contributed by atoms with van der Waals surface area (Å²) in [4.78, 5) is 0. The average molecular weight is 178 g/mol. The highest BCUT2D eigenvalue weighted by molar-refractivity contribution is 5.07. The van der Waals surface area contributed by atoms with Gasteiger partial charge in [-0.3, -0.25) is 0 Å². The molecule has 3 aliphatic carbocycles. The molecular weight excluding hydrogens is 156 g/mol. The van der Waals surface area contributed by atoms with Crippen LogP contribution in [-0.4, -0.2) is 0 Å². The monoisotopic (exact) mass is 178 g/mol. The van der Waals surface area contributed by atoms with E-state index in [1.54, 1.807) is 19.3 Å². The Morgan fingerprint density at radius 2 is 1.31 bits per heavy atom. The van der Waals surface area contributed by atoms with Crippen molar-refractivity contribution in [1.29, 1.82) is 0 Å². The fraction of sp³-hybridized carbons (Fsp3) is 1.00. The van der Waals surface area contributed by atoms with Crippen molar-refractivity contribution in [3.8, 4) is 0 Å². The minimum atomic E-state index is 0.725. The Hall–Kier alpha value is 0. The second-order valence-electron chi connectivity index (χ2n) is 6.49. The molecular formula is C13H22. The summed E-state index contributed by atoms with van der Waals surface area (Å²) in [6.45, 7) is 5.17. The Morgan fingerprint density at radius 1 is 0.846 bits per heavy atom. The molecule has 3 fully saturated rings. The second-order valence-corrected chi connectivity index (χ2v) is 6.49. The molecule has 0 aromatic rings. The first-order chi connectivity index (χ1) is 6.13. The summed E-state index contributed by atoms with van der Waals surface area (Å²) in [5, 5.41) is 0. The third-order valence-corrected chi connectivity index (χ3v) is 5.66. The molecule has 0 spiro atoms. The van der Waals surface area contributed by atoms with Crippen LogP contribution >= 0.6 is 0 Å². The summed E-state index contributed by atoms with van der Waals surface area (Å²) < 4.78 is 0. The lowest BCUT2D eigenvalue weighted by atomic mass is 9.52. The van der Waals surface area contributed by atoms with Crippen molar-refractivity contribution < 1.29 is 0 Å². The predicted octanol–water partition coefficient (Wildman–Crippen LogP) is 4.00. The van der Waals surface area contributed by atoms with Crippen LogP contribution in [0.3, 0.4) is 0 Å². The van der Waals surface area contributed by atoms with Crippen LogP contribution in [0.15, 0.2) is 0 Å². The molecule has 0 bridgehead atoms. The third-order valence-electron chi connectivity index (χ3n) is 5.66. The number of rotatable bonds is 0. The van der Waals surface area contributed by atoms with Gasteiger partial charge in [-0.2, -0.15) is 0 Å². The van der Waals surface area contributed by atoms with Gasteiger partial charge < -0.3 is 0 Å². The molecule has 3 saturated carbocycles. The molecule has 0 heterocycles. The highest BCUT2D eigenvalue weighted by atomic mass is 14.6. The zero-order chi connectivity index (χ0) is 9.10. The minimum Gasteiger partial charge on any atom is -0.0591 e. The lowest BCUT2D eigenvalue weighted by molar-refractivity contribution is -0.0306. The van der Waals surface area contributed by atoms with Crippen molar-refractivity contribution in [2.45, 2.75) is 58.8 Å². The van der Waals surface area contributed by atoms with Crippen LogP contribution in [0.25, 0.3) is 0 Å². The molecule has 0 amide bonds. The van der Waals surface area contributed by atoms with Crippen LogP contribution in [0, 0.1) is 22.7 Å². The van der Waals surface area contributed by atoms with E-state index in [0.717, 1.165) is 22.7 Å². The van der Waals surface area contributed by atoms with Crippen molar-refractivity contribution in [2.24, 2.45) is 22.7 Å². The van der Waals surface area contributed by atoms with E-state index in [-0.39, 0.29) is 0 Å². The summed E-state index contributed by atoms with van der Waals surface area (Å²) in [5.41, 5.74) is 1.45. The van der Waals surface area contributed by atoms with Gasteiger partial charge in [0.2, 0.25) is 0 Å². The van der Waals surface area contributed by atoms with Crippen molar-refractivity contribution in [3.63, 3.8) is 0 Å². The molecule has 3 aliphatic rings. The zero-order valence-electron chi connectivity index (χ0n) is 9.10. The number of hydrogen-bond donors (Lipinski definition) is 0. The molecule has 0 N–H and O–H groups in total. The van der Waals surface area contributed by atoms with E-state index in [2.05, 4.69) is 13.8 Å². The lowest BCUT2D eigenvalue weighted by Gasteiger charge is -2.53. The Kier molecular flexibility index (Phi) is 1.49. The molecule has 0 saturated heterocycles. The maximum absolute atomic E-state index is 2.58. The molecule has 13 heavy (non-hydrogen) atoms. The van der Waals surface area contributed by atoms with Gasteiger partial charge in [0.15, 0.2) is 0 Å². The molecule has 0 aromatic heterocycles. The van der Waals surface area contributed by atoms with Crippen molar-refractivity contribution >= 4 is 0 Å². The zero-order valence-corrected chi connectivity index (χ0v) is 9.10. The molecule has 0 nitrogen and oxygen atoms in total. The first-order valence-corrected chi connectivity index (χ1v) is 6.13. The number of hydrogen-bond acceptors (Lipinski definition) is 0. The first-order valence-electron chi connectivity index (χ1n) is 6.13. The van der Waals surface area contributed by atoms with Crippen LogP contribution in [0.5, 0.6) is 0 Å². The van der Waals surface area contributed by atoms with Gasteiger partial charge >= 0.3 is 0 Å².